The summed E-state index contributed by atoms with van der Waals surface area (Å²) in [5.74, 6) is -0.284. The van der Waals surface area contributed by atoms with Gasteiger partial charge in [-0.1, -0.05) is 24.3 Å². The van der Waals surface area contributed by atoms with Crippen LogP contribution in [0.5, 0.6) is 5.75 Å². The number of carbonyl (C=O) groups excluding carboxylic acids is 1. The normalized spacial score (nSPS) is 12.5. The Morgan fingerprint density at radius 3 is 2.66 bits per heavy atom. The molecule has 1 aliphatic rings. The van der Waals surface area contributed by atoms with Crippen LogP contribution in [-0.2, 0) is 6.42 Å². The van der Waals surface area contributed by atoms with E-state index in [0.717, 1.165) is 41.9 Å². The fourth-order valence-corrected chi connectivity index (χ4v) is 4.64. The van der Waals surface area contributed by atoms with E-state index in [4.69, 9.17) is 0 Å². The van der Waals surface area contributed by atoms with E-state index < -0.39 is 0 Å². The highest BCUT2D eigenvalue weighted by Crippen LogP contribution is 2.40. The maximum absolute atomic E-state index is 12.8. The van der Waals surface area contributed by atoms with Gasteiger partial charge in [-0.05, 0) is 57.9 Å². The lowest BCUT2D eigenvalue weighted by Gasteiger charge is -2.30. The van der Waals surface area contributed by atoms with Crippen LogP contribution in [0.3, 0.4) is 0 Å². The molecule has 3 N–H and O–H groups in total. The average Bonchev–Trinajstić information content (AvgIpc) is 3.32. The fourth-order valence-electron chi connectivity index (χ4n) is 4.64. The smallest absolute Gasteiger partial charge is 0.255 e. The Bertz CT molecular complexity index is 1110. The van der Waals surface area contributed by atoms with Crippen LogP contribution in [0.2, 0.25) is 0 Å². The Morgan fingerprint density at radius 2 is 1.91 bits per heavy atom. The first-order chi connectivity index (χ1) is 15.4. The van der Waals surface area contributed by atoms with Crippen molar-refractivity contribution in [1.82, 2.24) is 20.4 Å². The molecule has 0 saturated heterocycles. The summed E-state index contributed by atoms with van der Waals surface area (Å²) >= 11 is 0. The Balaban J connectivity index is 1.46. The molecule has 0 radical (unpaired) electrons. The highest BCUT2D eigenvalue weighted by Gasteiger charge is 2.25. The van der Waals surface area contributed by atoms with E-state index in [1.165, 1.54) is 11.1 Å². The predicted molar refractivity (Wildman–Crippen MR) is 128 cm³/mol. The maximum Gasteiger partial charge on any atom is 0.255 e. The SMILES string of the molecule is CC(C)N(CCCNC(=O)c1cc(-c2n[nH]c3c2Cc2ccccc2-3)ccc1O)C(C)C. The van der Waals surface area contributed by atoms with Crippen LogP contribution in [-0.4, -0.2) is 51.3 Å². The van der Waals surface area contributed by atoms with Crippen molar-refractivity contribution in [3.05, 3.63) is 59.2 Å². The molecule has 0 atom stereocenters. The molecule has 0 spiro atoms. The van der Waals surface area contributed by atoms with Gasteiger partial charge in [0, 0.05) is 48.3 Å². The monoisotopic (exact) mass is 432 g/mol. The third-order valence-corrected chi connectivity index (χ3v) is 6.24. The van der Waals surface area contributed by atoms with E-state index in [-0.39, 0.29) is 17.2 Å². The molecular formula is C26H32N4O2. The molecule has 32 heavy (non-hydrogen) atoms. The van der Waals surface area contributed by atoms with Gasteiger partial charge >= 0.3 is 0 Å². The zero-order valence-corrected chi connectivity index (χ0v) is 19.3. The number of benzene rings is 2. The number of aromatic amines is 1. The van der Waals surface area contributed by atoms with E-state index in [0.29, 0.717) is 18.6 Å². The molecule has 0 saturated carbocycles. The molecule has 6 nitrogen and oxygen atoms in total. The van der Waals surface area contributed by atoms with Crippen molar-refractivity contribution < 1.29 is 9.90 Å². The number of rotatable bonds is 8. The van der Waals surface area contributed by atoms with Gasteiger partial charge in [0.2, 0.25) is 0 Å². The van der Waals surface area contributed by atoms with E-state index in [1.807, 2.05) is 18.2 Å². The summed E-state index contributed by atoms with van der Waals surface area (Å²) in [6.45, 7) is 10.2. The van der Waals surface area contributed by atoms with Crippen molar-refractivity contribution in [1.29, 1.82) is 0 Å². The number of amides is 1. The van der Waals surface area contributed by atoms with Crippen molar-refractivity contribution in [2.24, 2.45) is 0 Å². The molecule has 0 fully saturated rings. The Kier molecular flexibility index (Phi) is 6.33. The molecule has 1 aromatic heterocycles. The highest BCUT2D eigenvalue weighted by atomic mass is 16.3. The predicted octanol–water partition coefficient (Wildman–Crippen LogP) is 4.59. The Morgan fingerprint density at radius 1 is 1.16 bits per heavy atom. The first-order valence-electron chi connectivity index (χ1n) is 11.4. The second-order valence-electron chi connectivity index (χ2n) is 9.03. The lowest BCUT2D eigenvalue weighted by atomic mass is 10.0. The van der Waals surface area contributed by atoms with Gasteiger partial charge in [0.05, 0.1) is 17.0 Å². The lowest BCUT2D eigenvalue weighted by molar-refractivity contribution is 0.0947. The summed E-state index contributed by atoms with van der Waals surface area (Å²) < 4.78 is 0. The van der Waals surface area contributed by atoms with Crippen LogP contribution >= 0.6 is 0 Å². The second-order valence-corrected chi connectivity index (χ2v) is 9.03. The number of hydrogen-bond donors (Lipinski definition) is 3. The average molecular weight is 433 g/mol. The van der Waals surface area contributed by atoms with Gasteiger partial charge in [0.25, 0.3) is 5.91 Å². The van der Waals surface area contributed by atoms with Crippen LogP contribution in [0.1, 0.15) is 55.6 Å². The summed E-state index contributed by atoms with van der Waals surface area (Å²) in [5.41, 5.74) is 6.54. The lowest BCUT2D eigenvalue weighted by Crippen LogP contribution is -2.39. The van der Waals surface area contributed by atoms with Gasteiger partial charge in [-0.15, -0.1) is 0 Å². The second kappa shape index (κ2) is 9.17. The number of nitrogens with zero attached hydrogens (tertiary/aromatic N) is 2. The van der Waals surface area contributed by atoms with Crippen LogP contribution in [0, 0.1) is 0 Å². The molecule has 1 amide bonds. The molecule has 6 heteroatoms. The third-order valence-electron chi connectivity index (χ3n) is 6.24. The van der Waals surface area contributed by atoms with Gasteiger partial charge in [0.15, 0.2) is 0 Å². The molecule has 4 rings (SSSR count). The van der Waals surface area contributed by atoms with E-state index in [9.17, 15) is 9.90 Å². The largest absolute Gasteiger partial charge is 0.507 e. The molecule has 0 bridgehead atoms. The summed E-state index contributed by atoms with van der Waals surface area (Å²) in [7, 11) is 0. The minimum atomic E-state index is -0.263. The number of carbonyl (C=O) groups is 1. The van der Waals surface area contributed by atoms with Gasteiger partial charge in [-0.3, -0.25) is 14.8 Å². The molecule has 3 aromatic rings. The molecular weight excluding hydrogens is 400 g/mol. The van der Waals surface area contributed by atoms with Gasteiger partial charge in [-0.2, -0.15) is 5.10 Å². The molecule has 2 aromatic carbocycles. The molecule has 0 unspecified atom stereocenters. The number of aromatic hydroxyl groups is 1. The van der Waals surface area contributed by atoms with Crippen LogP contribution in [0.4, 0.5) is 0 Å². The summed E-state index contributed by atoms with van der Waals surface area (Å²) in [6.07, 6.45) is 1.66. The number of phenols is 1. The van der Waals surface area contributed by atoms with Crippen LogP contribution in [0.15, 0.2) is 42.5 Å². The topological polar surface area (TPSA) is 81.2 Å². The number of hydrogen-bond acceptors (Lipinski definition) is 4. The Labute approximate surface area is 189 Å². The van der Waals surface area contributed by atoms with Crippen LogP contribution in [0.25, 0.3) is 22.5 Å². The Hall–Kier alpha value is -3.12. The van der Waals surface area contributed by atoms with E-state index in [2.05, 4.69) is 60.2 Å². The number of aromatic nitrogens is 2. The van der Waals surface area contributed by atoms with Crippen molar-refractivity contribution in [3.63, 3.8) is 0 Å². The number of nitrogens with one attached hydrogen (secondary N) is 2. The number of fused-ring (bicyclic) bond motifs is 3. The molecule has 0 aliphatic heterocycles. The zero-order valence-electron chi connectivity index (χ0n) is 19.3. The van der Waals surface area contributed by atoms with E-state index >= 15 is 0 Å². The maximum atomic E-state index is 12.8. The first-order valence-corrected chi connectivity index (χ1v) is 11.4. The van der Waals surface area contributed by atoms with Gasteiger partial charge in [-0.25, -0.2) is 0 Å². The van der Waals surface area contributed by atoms with E-state index in [1.54, 1.807) is 12.1 Å². The third kappa shape index (κ3) is 4.28. The number of H-pyrrole nitrogens is 1. The first kappa shape index (κ1) is 22.1. The quantitative estimate of drug-likeness (QED) is 0.356. The fraction of sp³-hybridized carbons (Fsp3) is 0.385. The highest BCUT2D eigenvalue weighted by molar-refractivity contribution is 5.98. The molecule has 1 heterocycles. The van der Waals surface area contributed by atoms with Gasteiger partial charge < -0.3 is 10.4 Å². The molecule has 168 valence electrons. The van der Waals surface area contributed by atoms with Gasteiger partial charge in [0.1, 0.15) is 5.75 Å². The van der Waals surface area contributed by atoms with Crippen molar-refractivity contribution in [3.8, 4) is 28.3 Å². The minimum absolute atomic E-state index is 0.0206. The van der Waals surface area contributed by atoms with Crippen molar-refractivity contribution in [2.75, 3.05) is 13.1 Å². The molecule has 1 aliphatic carbocycles. The van der Waals surface area contributed by atoms with Crippen LogP contribution < -0.4 is 5.32 Å². The minimum Gasteiger partial charge on any atom is -0.507 e. The summed E-state index contributed by atoms with van der Waals surface area (Å²) in [6, 6.07) is 14.4. The summed E-state index contributed by atoms with van der Waals surface area (Å²) in [4.78, 5) is 15.2. The van der Waals surface area contributed by atoms with Crippen molar-refractivity contribution >= 4 is 5.91 Å². The number of phenolic OH excluding ortho intramolecular Hbond substituents is 1. The summed E-state index contributed by atoms with van der Waals surface area (Å²) in [5, 5.41) is 21.0. The zero-order chi connectivity index (χ0) is 22.8. The van der Waals surface area contributed by atoms with Crippen molar-refractivity contribution in [2.45, 2.75) is 52.6 Å². The standard InChI is InChI=1S/C26H32N4O2/c1-16(2)30(17(3)4)13-7-12-27-26(32)21-15-19(10-11-23(21)31)24-22-14-18-8-5-6-9-20(18)25(22)29-28-24/h5-6,8-11,15-17,31H,7,12-14H2,1-4H3,(H,27,32)(H,28,29).